The molecular formula is C28H26N6O4S. The van der Waals surface area contributed by atoms with E-state index in [2.05, 4.69) is 11.4 Å². The molecule has 1 saturated heterocycles. The van der Waals surface area contributed by atoms with Crippen LogP contribution in [0.1, 0.15) is 45.9 Å². The molecule has 4 N–H and O–H groups in total. The van der Waals surface area contributed by atoms with E-state index in [0.717, 1.165) is 24.2 Å². The highest BCUT2D eigenvalue weighted by atomic mass is 32.1. The number of nitrogens with one attached hydrogen (secondary N) is 1. The van der Waals surface area contributed by atoms with E-state index in [1.165, 1.54) is 9.95 Å². The number of carbonyl (C=O) groups is 2. The second-order valence-electron chi connectivity index (χ2n) is 9.40. The van der Waals surface area contributed by atoms with Crippen molar-refractivity contribution >= 4 is 39.4 Å². The lowest BCUT2D eigenvalue weighted by Crippen LogP contribution is -2.45. The van der Waals surface area contributed by atoms with Gasteiger partial charge in [-0.15, -0.1) is 11.3 Å². The quantitative estimate of drug-likeness (QED) is 0.322. The predicted octanol–water partition coefficient (Wildman–Crippen LogP) is 2.86. The van der Waals surface area contributed by atoms with Crippen LogP contribution < -0.4 is 21.5 Å². The largest absolute Gasteiger partial charge is 0.479 e. The van der Waals surface area contributed by atoms with Crippen LogP contribution >= 0.6 is 11.3 Å². The number of aromatic nitrogens is 2. The monoisotopic (exact) mass is 542 g/mol. The summed E-state index contributed by atoms with van der Waals surface area (Å²) in [5, 5.41) is 23.4. The summed E-state index contributed by atoms with van der Waals surface area (Å²) in [6.07, 6.45) is 1.67. The highest BCUT2D eigenvalue weighted by Crippen LogP contribution is 2.27. The summed E-state index contributed by atoms with van der Waals surface area (Å²) in [7, 11) is 0. The van der Waals surface area contributed by atoms with Crippen LogP contribution in [0.4, 0.5) is 5.95 Å². The molecule has 0 bridgehead atoms. The fraction of sp³-hybridized carbons (Fsp3) is 0.250. The van der Waals surface area contributed by atoms with E-state index in [1.54, 1.807) is 48.5 Å². The van der Waals surface area contributed by atoms with E-state index < -0.39 is 17.9 Å². The molecule has 4 aromatic rings. The van der Waals surface area contributed by atoms with Gasteiger partial charge in [-0.2, -0.15) is 5.26 Å². The molecule has 198 valence electrons. The molecule has 5 rings (SSSR count). The summed E-state index contributed by atoms with van der Waals surface area (Å²) < 4.78 is 1.80. The third kappa shape index (κ3) is 5.25. The SMILES string of the molecule is N#Cc1ccccc1Cn1c(N2CCC[C@@H](N)C2)nc2c(C(=O)N[C@H](C(=O)O)c3ccccc3)csc2c1=O. The molecule has 0 saturated carbocycles. The standard InChI is InChI=1S/C28H26N6O4S/c29-13-18-9-4-5-10-19(18)14-34-26(36)24-23(32-28(34)33-12-6-11-20(30)15-33)21(16-39-24)25(35)31-22(27(37)38)17-7-2-1-3-8-17/h1-5,7-10,16,20,22H,6,11-12,14-15,30H2,(H,31,35)(H,37,38)/t20-,22+/m1/s1. The summed E-state index contributed by atoms with van der Waals surface area (Å²) in [5.41, 5.74) is 7.78. The lowest BCUT2D eigenvalue weighted by molar-refractivity contribution is -0.139. The van der Waals surface area contributed by atoms with Crippen LogP contribution in [-0.2, 0) is 11.3 Å². The number of nitrogens with two attached hydrogens (primary N) is 1. The number of carbonyl (C=O) groups excluding carboxylic acids is 1. The van der Waals surface area contributed by atoms with Crippen molar-refractivity contribution < 1.29 is 14.7 Å². The number of carboxylic acid groups (broad SMARTS) is 1. The Hall–Kier alpha value is -4.53. The minimum absolute atomic E-state index is 0.0985. The maximum absolute atomic E-state index is 13.8. The van der Waals surface area contributed by atoms with Gasteiger partial charge in [-0.05, 0) is 30.0 Å². The molecule has 1 aliphatic heterocycles. The van der Waals surface area contributed by atoms with Crippen LogP contribution in [0.15, 0.2) is 64.8 Å². The molecule has 11 heteroatoms. The molecule has 2 aromatic carbocycles. The number of benzene rings is 2. The molecule has 0 unspecified atom stereocenters. The zero-order chi connectivity index (χ0) is 27.5. The van der Waals surface area contributed by atoms with Crippen molar-refractivity contribution in [2.45, 2.75) is 31.5 Å². The van der Waals surface area contributed by atoms with Crippen molar-refractivity contribution in [2.75, 3.05) is 18.0 Å². The number of amides is 1. The van der Waals surface area contributed by atoms with Gasteiger partial charge in [-0.25, -0.2) is 9.78 Å². The highest BCUT2D eigenvalue weighted by Gasteiger charge is 2.28. The third-order valence-corrected chi connectivity index (χ3v) is 7.72. The summed E-state index contributed by atoms with van der Waals surface area (Å²) >= 11 is 1.08. The summed E-state index contributed by atoms with van der Waals surface area (Å²) in [6, 6.07) is 16.3. The zero-order valence-electron chi connectivity index (χ0n) is 20.9. The van der Waals surface area contributed by atoms with Gasteiger partial charge in [0.15, 0.2) is 6.04 Å². The number of fused-ring (bicyclic) bond motifs is 1. The number of aliphatic carboxylic acids is 1. The van der Waals surface area contributed by atoms with Gasteiger partial charge in [0.1, 0.15) is 10.2 Å². The van der Waals surface area contributed by atoms with Crippen molar-refractivity contribution in [3.05, 3.63) is 92.6 Å². The molecule has 1 fully saturated rings. The van der Waals surface area contributed by atoms with E-state index >= 15 is 0 Å². The van der Waals surface area contributed by atoms with Crippen LogP contribution in [0.5, 0.6) is 0 Å². The van der Waals surface area contributed by atoms with Gasteiger partial charge in [-0.1, -0.05) is 48.5 Å². The first kappa shape index (κ1) is 26.1. The van der Waals surface area contributed by atoms with Crippen LogP contribution in [0.2, 0.25) is 0 Å². The van der Waals surface area contributed by atoms with Gasteiger partial charge in [0.25, 0.3) is 11.5 Å². The number of hydrogen-bond donors (Lipinski definition) is 3. The molecule has 3 heterocycles. The summed E-state index contributed by atoms with van der Waals surface area (Å²) in [6.45, 7) is 1.24. The second-order valence-corrected chi connectivity index (χ2v) is 10.3. The topological polar surface area (TPSA) is 154 Å². The van der Waals surface area contributed by atoms with Crippen LogP contribution in [0.3, 0.4) is 0 Å². The number of anilines is 1. The molecule has 2 aromatic heterocycles. The van der Waals surface area contributed by atoms with Crippen molar-refractivity contribution in [2.24, 2.45) is 5.73 Å². The van der Waals surface area contributed by atoms with Gasteiger partial charge in [0.2, 0.25) is 5.95 Å². The van der Waals surface area contributed by atoms with E-state index in [0.29, 0.717) is 35.7 Å². The molecular weight excluding hydrogens is 516 g/mol. The first-order valence-electron chi connectivity index (χ1n) is 12.5. The smallest absolute Gasteiger partial charge is 0.330 e. The van der Waals surface area contributed by atoms with Gasteiger partial charge >= 0.3 is 5.97 Å². The number of carboxylic acids is 1. The van der Waals surface area contributed by atoms with Crippen LogP contribution in [0, 0.1) is 11.3 Å². The molecule has 1 amide bonds. The van der Waals surface area contributed by atoms with Crippen molar-refractivity contribution in [3.63, 3.8) is 0 Å². The minimum atomic E-state index is -1.27. The molecule has 0 spiro atoms. The Kier molecular flexibility index (Phi) is 7.40. The number of nitrogens with zero attached hydrogens (tertiary/aromatic N) is 4. The van der Waals surface area contributed by atoms with Gasteiger partial charge in [0, 0.05) is 24.5 Å². The third-order valence-electron chi connectivity index (χ3n) is 6.76. The van der Waals surface area contributed by atoms with Gasteiger partial charge in [-0.3, -0.25) is 14.2 Å². The number of piperidine rings is 1. The van der Waals surface area contributed by atoms with Crippen molar-refractivity contribution in [3.8, 4) is 6.07 Å². The molecule has 2 atom stereocenters. The lowest BCUT2D eigenvalue weighted by Gasteiger charge is -2.33. The average Bonchev–Trinajstić information content (AvgIpc) is 3.38. The fourth-order valence-corrected chi connectivity index (χ4v) is 5.74. The molecule has 39 heavy (non-hydrogen) atoms. The van der Waals surface area contributed by atoms with Crippen LogP contribution in [-0.4, -0.2) is 45.7 Å². The van der Waals surface area contributed by atoms with Crippen molar-refractivity contribution in [1.82, 2.24) is 14.9 Å². The Labute approximate surface area is 227 Å². The van der Waals surface area contributed by atoms with E-state index in [4.69, 9.17) is 10.7 Å². The Morgan fingerprint density at radius 2 is 1.95 bits per heavy atom. The maximum atomic E-state index is 13.8. The zero-order valence-corrected chi connectivity index (χ0v) is 21.7. The average molecular weight is 543 g/mol. The summed E-state index contributed by atoms with van der Waals surface area (Å²) in [4.78, 5) is 45.9. The van der Waals surface area contributed by atoms with E-state index in [-0.39, 0.29) is 33.9 Å². The number of nitriles is 1. The highest BCUT2D eigenvalue weighted by molar-refractivity contribution is 7.17. The van der Waals surface area contributed by atoms with Gasteiger partial charge < -0.3 is 21.1 Å². The number of thiophene rings is 1. The Balaban J connectivity index is 1.59. The van der Waals surface area contributed by atoms with E-state index in [9.17, 15) is 24.8 Å². The van der Waals surface area contributed by atoms with Crippen molar-refractivity contribution in [1.29, 1.82) is 5.26 Å². The fourth-order valence-electron chi connectivity index (χ4n) is 4.80. The first-order chi connectivity index (χ1) is 18.9. The Morgan fingerprint density at radius 1 is 1.21 bits per heavy atom. The minimum Gasteiger partial charge on any atom is -0.479 e. The Morgan fingerprint density at radius 3 is 2.67 bits per heavy atom. The lowest BCUT2D eigenvalue weighted by atomic mass is 10.1. The molecule has 0 aliphatic carbocycles. The molecule has 1 aliphatic rings. The predicted molar refractivity (Wildman–Crippen MR) is 148 cm³/mol. The maximum Gasteiger partial charge on any atom is 0.330 e. The normalized spacial score (nSPS) is 16.0. The second kappa shape index (κ2) is 11.1. The van der Waals surface area contributed by atoms with E-state index in [1.807, 2.05) is 11.0 Å². The number of rotatable bonds is 7. The van der Waals surface area contributed by atoms with Crippen LogP contribution in [0.25, 0.3) is 10.2 Å². The van der Waals surface area contributed by atoms with Gasteiger partial charge in [0.05, 0.1) is 23.7 Å². The Bertz CT molecular complexity index is 1640. The summed E-state index contributed by atoms with van der Waals surface area (Å²) in [5.74, 6) is -1.48. The number of hydrogen-bond acceptors (Lipinski definition) is 8. The first-order valence-corrected chi connectivity index (χ1v) is 13.3. The molecule has 10 nitrogen and oxygen atoms in total. The molecule has 0 radical (unpaired) electrons.